The number of nitrogens with zero attached hydrogens (tertiary/aromatic N) is 2. The number of halogens is 1. The van der Waals surface area contributed by atoms with E-state index >= 15 is 0 Å². The third kappa shape index (κ3) is 5.24. The van der Waals surface area contributed by atoms with Crippen LogP contribution in [0.25, 0.3) is 22.2 Å². The molecule has 0 radical (unpaired) electrons. The van der Waals surface area contributed by atoms with Gasteiger partial charge in [0.1, 0.15) is 0 Å². The summed E-state index contributed by atoms with van der Waals surface area (Å²) in [5.74, 6) is 1.00. The summed E-state index contributed by atoms with van der Waals surface area (Å²) >= 11 is 1.74. The van der Waals surface area contributed by atoms with Crippen LogP contribution < -0.4 is 0 Å². The maximum Gasteiger partial charge on any atom is 0.223 e. The Hall–Kier alpha value is -2.04. The number of fused-ring (bicyclic) bond motifs is 1. The molecule has 0 aliphatic heterocycles. The van der Waals surface area contributed by atoms with Gasteiger partial charge in [-0.2, -0.15) is 0 Å². The molecular weight excluding hydrogens is 376 g/mol. The molecule has 0 bridgehead atoms. The Balaban J connectivity index is 0.00000261. The van der Waals surface area contributed by atoms with Crippen molar-refractivity contribution < 1.29 is 4.79 Å². The first-order valence-corrected chi connectivity index (χ1v) is 10.1. The Bertz CT molecular complexity index is 882. The summed E-state index contributed by atoms with van der Waals surface area (Å²) in [4.78, 5) is 20.1. The molecule has 27 heavy (non-hydrogen) atoms. The summed E-state index contributed by atoms with van der Waals surface area (Å²) in [6, 6.07) is 20.6. The van der Waals surface area contributed by atoms with Gasteiger partial charge in [-0.1, -0.05) is 48.5 Å². The zero-order chi connectivity index (χ0) is 18.4. The highest BCUT2D eigenvalue weighted by Gasteiger charge is 2.11. The van der Waals surface area contributed by atoms with Crippen LogP contribution in [0.5, 0.6) is 0 Å². The van der Waals surface area contributed by atoms with Crippen LogP contribution in [0.1, 0.15) is 20.3 Å². The normalized spacial score (nSPS) is 10.4. The van der Waals surface area contributed by atoms with Crippen molar-refractivity contribution in [1.29, 1.82) is 0 Å². The van der Waals surface area contributed by atoms with E-state index in [0.29, 0.717) is 6.42 Å². The van der Waals surface area contributed by atoms with Gasteiger partial charge < -0.3 is 4.90 Å². The molecule has 0 aliphatic rings. The number of benzene rings is 2. The number of rotatable bonds is 7. The zero-order valence-electron chi connectivity index (χ0n) is 15.7. The van der Waals surface area contributed by atoms with Gasteiger partial charge in [-0.15, -0.1) is 24.2 Å². The highest BCUT2D eigenvalue weighted by molar-refractivity contribution is 7.99. The fraction of sp³-hybridized carbons (Fsp3) is 0.273. The van der Waals surface area contributed by atoms with Crippen molar-refractivity contribution in [2.24, 2.45) is 0 Å². The zero-order valence-corrected chi connectivity index (χ0v) is 17.4. The quantitative estimate of drug-likeness (QED) is 0.479. The Labute approximate surface area is 171 Å². The van der Waals surface area contributed by atoms with Gasteiger partial charge >= 0.3 is 0 Å². The van der Waals surface area contributed by atoms with E-state index in [1.54, 1.807) is 11.8 Å². The molecule has 0 saturated heterocycles. The lowest BCUT2D eigenvalue weighted by atomic mass is 10.1. The van der Waals surface area contributed by atoms with Crippen molar-refractivity contribution in [3.63, 3.8) is 0 Å². The molecule has 3 rings (SSSR count). The van der Waals surface area contributed by atoms with E-state index in [2.05, 4.69) is 24.3 Å². The van der Waals surface area contributed by atoms with Gasteiger partial charge in [0.05, 0.1) is 11.2 Å². The second kappa shape index (κ2) is 10.3. The topological polar surface area (TPSA) is 33.2 Å². The first-order valence-electron chi connectivity index (χ1n) is 9.08. The van der Waals surface area contributed by atoms with Crippen molar-refractivity contribution >= 4 is 41.0 Å². The molecule has 0 unspecified atom stereocenters. The van der Waals surface area contributed by atoms with Crippen LogP contribution in [0, 0.1) is 0 Å². The van der Waals surface area contributed by atoms with E-state index in [0.717, 1.165) is 41.0 Å². The smallest absolute Gasteiger partial charge is 0.223 e. The second-order valence-corrected chi connectivity index (χ2v) is 7.19. The van der Waals surface area contributed by atoms with Crippen molar-refractivity contribution in [3.8, 4) is 11.3 Å². The summed E-state index contributed by atoms with van der Waals surface area (Å²) in [5.41, 5.74) is 3.08. The first kappa shape index (κ1) is 21.3. The summed E-state index contributed by atoms with van der Waals surface area (Å²) in [7, 11) is 0. The largest absolute Gasteiger partial charge is 0.343 e. The van der Waals surface area contributed by atoms with E-state index in [4.69, 9.17) is 4.98 Å². The predicted octanol–water partition coefficient (Wildman–Crippen LogP) is 5.67. The summed E-state index contributed by atoms with van der Waals surface area (Å²) in [6.45, 7) is 5.60. The van der Waals surface area contributed by atoms with E-state index in [9.17, 15) is 4.79 Å². The number of carbonyl (C=O) groups is 1. The maximum atomic E-state index is 12.2. The van der Waals surface area contributed by atoms with Crippen LogP contribution >= 0.6 is 24.2 Å². The predicted molar refractivity (Wildman–Crippen MR) is 118 cm³/mol. The highest BCUT2D eigenvalue weighted by atomic mass is 35.5. The molecule has 0 fully saturated rings. The molecule has 0 saturated carbocycles. The third-order valence-electron chi connectivity index (χ3n) is 4.44. The van der Waals surface area contributed by atoms with Crippen LogP contribution in [0.15, 0.2) is 65.6 Å². The van der Waals surface area contributed by atoms with Crippen molar-refractivity contribution in [3.05, 3.63) is 60.7 Å². The fourth-order valence-electron chi connectivity index (χ4n) is 3.00. The van der Waals surface area contributed by atoms with Crippen molar-refractivity contribution in [2.75, 3.05) is 18.8 Å². The number of hydrogen-bond donors (Lipinski definition) is 0. The maximum absolute atomic E-state index is 12.2. The molecule has 0 aliphatic carbocycles. The average molecular weight is 401 g/mol. The number of para-hydroxylation sites is 1. The SMILES string of the molecule is CCN(CC)C(=O)CCSc1cc(-c2ccccc2)nc2ccccc12.Cl. The van der Waals surface area contributed by atoms with Gasteiger partial charge in [0, 0.05) is 41.1 Å². The minimum Gasteiger partial charge on any atom is -0.343 e. The first-order chi connectivity index (χ1) is 12.7. The highest BCUT2D eigenvalue weighted by Crippen LogP contribution is 2.31. The molecule has 3 nitrogen and oxygen atoms in total. The molecular formula is C22H25ClN2OS. The summed E-state index contributed by atoms with van der Waals surface area (Å²) < 4.78 is 0. The minimum absolute atomic E-state index is 0. The van der Waals surface area contributed by atoms with Gasteiger partial charge in [0.25, 0.3) is 0 Å². The molecule has 3 aromatic rings. The third-order valence-corrected chi connectivity index (χ3v) is 5.49. The van der Waals surface area contributed by atoms with Crippen molar-refractivity contribution in [2.45, 2.75) is 25.2 Å². The lowest BCUT2D eigenvalue weighted by Gasteiger charge is -2.18. The van der Waals surface area contributed by atoms with Crippen LogP contribution in [-0.4, -0.2) is 34.6 Å². The lowest BCUT2D eigenvalue weighted by molar-refractivity contribution is -0.130. The van der Waals surface area contributed by atoms with Gasteiger partial charge in [-0.3, -0.25) is 4.79 Å². The molecule has 1 aromatic heterocycles. The average Bonchev–Trinajstić information content (AvgIpc) is 2.69. The number of amides is 1. The van der Waals surface area contributed by atoms with Crippen LogP contribution in [-0.2, 0) is 4.79 Å². The van der Waals surface area contributed by atoms with Crippen LogP contribution in [0.3, 0.4) is 0 Å². The Morgan fingerprint density at radius 2 is 1.67 bits per heavy atom. The number of pyridine rings is 1. The Kier molecular flexibility index (Phi) is 8.14. The monoisotopic (exact) mass is 400 g/mol. The second-order valence-electron chi connectivity index (χ2n) is 6.05. The van der Waals surface area contributed by atoms with E-state index in [-0.39, 0.29) is 18.3 Å². The fourth-order valence-corrected chi connectivity index (χ4v) is 4.02. The van der Waals surface area contributed by atoms with E-state index < -0.39 is 0 Å². The number of hydrogen-bond acceptors (Lipinski definition) is 3. The van der Waals surface area contributed by atoms with Gasteiger partial charge in [-0.05, 0) is 26.0 Å². The van der Waals surface area contributed by atoms with Crippen LogP contribution in [0.4, 0.5) is 0 Å². The van der Waals surface area contributed by atoms with Crippen LogP contribution in [0.2, 0.25) is 0 Å². The van der Waals surface area contributed by atoms with E-state index in [1.807, 2.05) is 55.1 Å². The molecule has 142 valence electrons. The van der Waals surface area contributed by atoms with Crippen molar-refractivity contribution in [1.82, 2.24) is 9.88 Å². The number of aromatic nitrogens is 1. The minimum atomic E-state index is 0. The molecule has 0 atom stereocenters. The molecule has 0 N–H and O–H groups in total. The molecule has 2 aromatic carbocycles. The molecule has 5 heteroatoms. The summed E-state index contributed by atoms with van der Waals surface area (Å²) in [5, 5.41) is 1.15. The lowest BCUT2D eigenvalue weighted by Crippen LogP contribution is -2.30. The Morgan fingerprint density at radius 1 is 1.00 bits per heavy atom. The van der Waals surface area contributed by atoms with Gasteiger partial charge in [0.15, 0.2) is 0 Å². The molecule has 0 spiro atoms. The molecule has 1 heterocycles. The summed E-state index contributed by atoms with van der Waals surface area (Å²) in [6.07, 6.45) is 0.559. The molecule has 1 amide bonds. The standard InChI is InChI=1S/C22H24N2OS.ClH/c1-3-24(4-2)22(25)14-15-26-21-16-20(17-10-6-5-7-11-17)23-19-13-9-8-12-18(19)21;/h5-13,16H,3-4,14-15H2,1-2H3;1H. The van der Waals surface area contributed by atoms with E-state index in [1.165, 1.54) is 4.90 Å². The number of thioether (sulfide) groups is 1. The van der Waals surface area contributed by atoms with Gasteiger partial charge in [0.2, 0.25) is 5.91 Å². The Morgan fingerprint density at radius 3 is 2.37 bits per heavy atom. The van der Waals surface area contributed by atoms with Gasteiger partial charge in [-0.25, -0.2) is 4.98 Å². The number of carbonyl (C=O) groups excluding carboxylic acids is 1.